The summed E-state index contributed by atoms with van der Waals surface area (Å²) in [6, 6.07) is 20.5. The zero-order valence-electron chi connectivity index (χ0n) is 15.8. The van der Waals surface area contributed by atoms with Crippen molar-refractivity contribution in [1.82, 2.24) is 5.32 Å². The van der Waals surface area contributed by atoms with Crippen LogP contribution in [0, 0.1) is 12.8 Å². The Morgan fingerprint density at radius 1 is 1.04 bits per heavy atom. The number of amides is 2. The molecule has 0 unspecified atom stereocenters. The number of hydrogen-bond donors (Lipinski definition) is 1. The van der Waals surface area contributed by atoms with E-state index in [0.717, 1.165) is 17.7 Å². The highest BCUT2D eigenvalue weighted by Gasteiger charge is 2.46. The van der Waals surface area contributed by atoms with Gasteiger partial charge in [-0.3, -0.25) is 9.59 Å². The lowest BCUT2D eigenvalue weighted by molar-refractivity contribution is -0.119. The minimum Gasteiger partial charge on any atom is -0.350 e. The van der Waals surface area contributed by atoms with Crippen LogP contribution in [0.3, 0.4) is 0 Å². The predicted molar refractivity (Wildman–Crippen MR) is 111 cm³/mol. The molecule has 3 aromatic carbocycles. The van der Waals surface area contributed by atoms with Crippen molar-refractivity contribution in [2.75, 3.05) is 18.0 Å². The van der Waals surface area contributed by atoms with Gasteiger partial charge in [0.2, 0.25) is 5.91 Å². The SMILES string of the molecule is Cc1cccc2c1C(=O)NCCN2C(=O)[C@@H]1C[C@@H]1c1ccc2ccccc2c1. The number of carbonyl (C=O) groups is 2. The lowest BCUT2D eigenvalue weighted by atomic mass is 10.0. The van der Waals surface area contributed by atoms with Crippen LogP contribution in [0.15, 0.2) is 60.7 Å². The molecule has 1 heterocycles. The van der Waals surface area contributed by atoms with E-state index in [1.54, 1.807) is 0 Å². The third-order valence-electron chi connectivity index (χ3n) is 5.96. The molecule has 2 amide bonds. The Labute approximate surface area is 164 Å². The summed E-state index contributed by atoms with van der Waals surface area (Å²) >= 11 is 0. The van der Waals surface area contributed by atoms with Crippen molar-refractivity contribution in [3.63, 3.8) is 0 Å². The molecule has 28 heavy (non-hydrogen) atoms. The first-order valence-corrected chi connectivity index (χ1v) is 9.81. The van der Waals surface area contributed by atoms with Gasteiger partial charge in [0.05, 0.1) is 11.3 Å². The van der Waals surface area contributed by atoms with E-state index in [9.17, 15) is 9.59 Å². The van der Waals surface area contributed by atoms with Crippen molar-refractivity contribution in [1.29, 1.82) is 0 Å². The van der Waals surface area contributed by atoms with E-state index in [2.05, 4.69) is 35.6 Å². The van der Waals surface area contributed by atoms with Crippen LogP contribution >= 0.6 is 0 Å². The molecule has 5 rings (SSSR count). The van der Waals surface area contributed by atoms with Crippen LogP contribution in [-0.2, 0) is 4.79 Å². The van der Waals surface area contributed by atoms with Gasteiger partial charge < -0.3 is 10.2 Å². The van der Waals surface area contributed by atoms with Gasteiger partial charge >= 0.3 is 0 Å². The zero-order valence-corrected chi connectivity index (χ0v) is 15.8. The number of carbonyl (C=O) groups excluding carboxylic acids is 2. The molecule has 0 aromatic heterocycles. The highest BCUT2D eigenvalue weighted by molar-refractivity contribution is 6.08. The van der Waals surface area contributed by atoms with E-state index in [1.807, 2.05) is 42.2 Å². The molecular formula is C24H22N2O2. The second-order valence-corrected chi connectivity index (χ2v) is 7.77. The van der Waals surface area contributed by atoms with Crippen molar-refractivity contribution < 1.29 is 9.59 Å². The summed E-state index contributed by atoms with van der Waals surface area (Å²) in [5.41, 5.74) is 3.49. The Morgan fingerprint density at radius 3 is 2.71 bits per heavy atom. The number of fused-ring (bicyclic) bond motifs is 2. The Kier molecular flexibility index (Phi) is 3.93. The van der Waals surface area contributed by atoms with Crippen LogP contribution < -0.4 is 10.2 Å². The summed E-state index contributed by atoms with van der Waals surface area (Å²) in [5.74, 6) is 0.284. The van der Waals surface area contributed by atoms with E-state index in [-0.39, 0.29) is 23.7 Å². The van der Waals surface area contributed by atoms with Gasteiger partial charge in [0.15, 0.2) is 0 Å². The normalized spacial score (nSPS) is 21.0. The number of nitrogens with one attached hydrogen (secondary N) is 1. The molecule has 0 saturated heterocycles. The van der Waals surface area contributed by atoms with Crippen LogP contribution in [0.1, 0.15) is 33.8 Å². The highest BCUT2D eigenvalue weighted by Crippen LogP contribution is 2.49. The molecule has 2 atom stereocenters. The maximum atomic E-state index is 13.3. The zero-order chi connectivity index (χ0) is 19.3. The number of aryl methyl sites for hydroxylation is 1. The summed E-state index contributed by atoms with van der Waals surface area (Å²) in [5, 5.41) is 5.35. The van der Waals surface area contributed by atoms with E-state index >= 15 is 0 Å². The largest absolute Gasteiger partial charge is 0.350 e. The van der Waals surface area contributed by atoms with E-state index in [0.29, 0.717) is 18.7 Å². The fourth-order valence-corrected chi connectivity index (χ4v) is 4.37. The summed E-state index contributed by atoms with van der Waals surface area (Å²) in [6.45, 7) is 2.91. The van der Waals surface area contributed by atoms with Gasteiger partial charge in [-0.05, 0) is 47.2 Å². The number of rotatable bonds is 2. The van der Waals surface area contributed by atoms with Gasteiger partial charge in [-0.25, -0.2) is 0 Å². The molecule has 1 saturated carbocycles. The first-order valence-electron chi connectivity index (χ1n) is 9.81. The molecule has 1 aliphatic heterocycles. The topological polar surface area (TPSA) is 49.4 Å². The quantitative estimate of drug-likeness (QED) is 0.740. The molecular weight excluding hydrogens is 348 g/mol. The Balaban J connectivity index is 1.43. The van der Waals surface area contributed by atoms with Crippen LogP contribution in [0.4, 0.5) is 5.69 Å². The molecule has 0 spiro atoms. The molecule has 2 aliphatic rings. The smallest absolute Gasteiger partial charge is 0.253 e. The molecule has 1 fully saturated rings. The molecule has 140 valence electrons. The standard InChI is InChI=1S/C24H22N2O2/c1-15-5-4-8-21-22(15)23(27)25-11-12-26(21)24(28)20-14-19(20)18-10-9-16-6-2-3-7-17(16)13-18/h2-10,13,19-20H,11-12,14H2,1H3,(H,25,27)/t19-,20-/m1/s1. The van der Waals surface area contributed by atoms with Gasteiger partial charge in [-0.15, -0.1) is 0 Å². The summed E-state index contributed by atoms with van der Waals surface area (Å²) in [7, 11) is 0. The minimum atomic E-state index is -0.0923. The fraction of sp³-hybridized carbons (Fsp3) is 0.250. The second-order valence-electron chi connectivity index (χ2n) is 7.77. The Hall–Kier alpha value is -3.14. The second kappa shape index (κ2) is 6.48. The summed E-state index contributed by atoms with van der Waals surface area (Å²) < 4.78 is 0. The minimum absolute atomic E-state index is 0.0114. The van der Waals surface area contributed by atoms with E-state index in [1.165, 1.54) is 16.3 Å². The average molecular weight is 370 g/mol. The average Bonchev–Trinajstić information content (AvgIpc) is 3.52. The van der Waals surface area contributed by atoms with Crippen molar-refractivity contribution in [2.45, 2.75) is 19.3 Å². The molecule has 1 aliphatic carbocycles. The lowest BCUT2D eigenvalue weighted by Gasteiger charge is -2.23. The predicted octanol–water partition coefficient (Wildman–Crippen LogP) is 4.03. The molecule has 4 heteroatoms. The first-order chi connectivity index (χ1) is 13.6. The van der Waals surface area contributed by atoms with Gasteiger partial charge in [0.25, 0.3) is 5.91 Å². The third kappa shape index (κ3) is 2.76. The van der Waals surface area contributed by atoms with Gasteiger partial charge in [-0.2, -0.15) is 0 Å². The number of hydrogen-bond acceptors (Lipinski definition) is 2. The van der Waals surface area contributed by atoms with Crippen molar-refractivity contribution in [2.24, 2.45) is 5.92 Å². The van der Waals surface area contributed by atoms with Gasteiger partial charge in [-0.1, -0.05) is 54.6 Å². The molecule has 0 radical (unpaired) electrons. The van der Waals surface area contributed by atoms with Gasteiger partial charge in [0.1, 0.15) is 0 Å². The Bertz CT molecular complexity index is 1100. The monoisotopic (exact) mass is 370 g/mol. The van der Waals surface area contributed by atoms with Crippen LogP contribution in [0.2, 0.25) is 0 Å². The van der Waals surface area contributed by atoms with Crippen LogP contribution in [0.5, 0.6) is 0 Å². The molecule has 1 N–H and O–H groups in total. The Morgan fingerprint density at radius 2 is 1.86 bits per heavy atom. The third-order valence-corrected chi connectivity index (χ3v) is 5.96. The maximum absolute atomic E-state index is 13.3. The summed E-state index contributed by atoms with van der Waals surface area (Å²) in [4.78, 5) is 27.6. The van der Waals surface area contributed by atoms with Crippen molar-refractivity contribution >= 4 is 28.3 Å². The van der Waals surface area contributed by atoms with E-state index in [4.69, 9.17) is 0 Å². The van der Waals surface area contributed by atoms with Crippen LogP contribution in [-0.4, -0.2) is 24.9 Å². The number of benzene rings is 3. The molecule has 4 nitrogen and oxygen atoms in total. The van der Waals surface area contributed by atoms with E-state index < -0.39 is 0 Å². The van der Waals surface area contributed by atoms with Crippen LogP contribution in [0.25, 0.3) is 10.8 Å². The fourth-order valence-electron chi connectivity index (χ4n) is 4.37. The lowest BCUT2D eigenvalue weighted by Crippen LogP contribution is -2.36. The van der Waals surface area contributed by atoms with Crippen molar-refractivity contribution in [3.05, 3.63) is 77.4 Å². The summed E-state index contributed by atoms with van der Waals surface area (Å²) in [6.07, 6.45) is 0.871. The molecule has 0 bridgehead atoms. The number of anilines is 1. The molecule has 3 aromatic rings. The highest BCUT2D eigenvalue weighted by atomic mass is 16.2. The maximum Gasteiger partial charge on any atom is 0.253 e. The van der Waals surface area contributed by atoms with Crippen molar-refractivity contribution in [3.8, 4) is 0 Å². The van der Waals surface area contributed by atoms with Gasteiger partial charge in [0, 0.05) is 19.0 Å². The first kappa shape index (κ1) is 17.0. The number of nitrogens with zero attached hydrogens (tertiary/aromatic N) is 1.